The van der Waals surface area contributed by atoms with Crippen LogP contribution in [0, 0.1) is 5.92 Å². The van der Waals surface area contributed by atoms with Crippen molar-refractivity contribution in [3.8, 4) is 0 Å². The summed E-state index contributed by atoms with van der Waals surface area (Å²) in [5, 5.41) is 3.39. The molecule has 1 aliphatic carbocycles. The zero-order valence-electron chi connectivity index (χ0n) is 12.2. The van der Waals surface area contributed by atoms with Crippen LogP contribution in [0.15, 0.2) is 30.3 Å². The number of benzene rings is 1. The Morgan fingerprint density at radius 1 is 1.30 bits per heavy atom. The molecule has 108 valence electrons. The molecule has 3 rings (SSSR count). The van der Waals surface area contributed by atoms with Gasteiger partial charge >= 0.3 is 0 Å². The highest BCUT2D eigenvalue weighted by molar-refractivity contribution is 5.84. The summed E-state index contributed by atoms with van der Waals surface area (Å²) in [6.45, 7) is 2.94. The fraction of sp³-hybridized carbons (Fsp3) is 0.588. The molecular weight excluding hydrogens is 248 g/mol. The molecule has 1 saturated carbocycles. The Morgan fingerprint density at radius 2 is 2.05 bits per heavy atom. The topological polar surface area (TPSA) is 32.3 Å². The third-order valence-electron chi connectivity index (χ3n) is 4.98. The summed E-state index contributed by atoms with van der Waals surface area (Å²) in [6.07, 6.45) is 5.79. The zero-order chi connectivity index (χ0) is 13.9. The SMILES string of the molecule is CC(C1CCC1)N1CNC(CCc2ccccc2)C1=O. The smallest absolute Gasteiger partial charge is 0.241 e. The molecule has 1 N–H and O–H groups in total. The van der Waals surface area contributed by atoms with Crippen molar-refractivity contribution >= 4 is 5.91 Å². The Kier molecular flexibility index (Phi) is 4.06. The maximum absolute atomic E-state index is 12.5. The summed E-state index contributed by atoms with van der Waals surface area (Å²) in [5.74, 6) is 1.04. The largest absolute Gasteiger partial charge is 0.326 e. The number of rotatable bonds is 5. The van der Waals surface area contributed by atoms with E-state index in [0.717, 1.165) is 25.4 Å². The Bertz CT molecular complexity index is 455. The number of hydrogen-bond acceptors (Lipinski definition) is 2. The lowest BCUT2D eigenvalue weighted by molar-refractivity contribution is -0.132. The van der Waals surface area contributed by atoms with Gasteiger partial charge in [-0.25, -0.2) is 0 Å². The quantitative estimate of drug-likeness (QED) is 0.893. The Hall–Kier alpha value is -1.35. The van der Waals surface area contributed by atoms with Gasteiger partial charge in [0.05, 0.1) is 12.7 Å². The van der Waals surface area contributed by atoms with E-state index >= 15 is 0 Å². The molecule has 0 aromatic heterocycles. The second kappa shape index (κ2) is 5.96. The standard InChI is InChI=1S/C17H24N2O/c1-13(15-8-5-9-15)19-12-18-16(17(19)20)11-10-14-6-3-2-4-7-14/h2-4,6-7,13,15-16,18H,5,8-12H2,1H3. The minimum atomic E-state index is 0.0118. The van der Waals surface area contributed by atoms with E-state index in [1.54, 1.807) is 0 Å². The van der Waals surface area contributed by atoms with Gasteiger partial charge in [0.25, 0.3) is 0 Å². The van der Waals surface area contributed by atoms with Gasteiger partial charge in [-0.3, -0.25) is 10.1 Å². The Morgan fingerprint density at radius 3 is 2.70 bits per heavy atom. The van der Waals surface area contributed by atoms with Crippen LogP contribution < -0.4 is 5.32 Å². The molecule has 1 saturated heterocycles. The van der Waals surface area contributed by atoms with Gasteiger partial charge in [0.1, 0.15) is 0 Å². The lowest BCUT2D eigenvalue weighted by Gasteiger charge is -2.36. The van der Waals surface area contributed by atoms with E-state index in [-0.39, 0.29) is 6.04 Å². The van der Waals surface area contributed by atoms with Crippen molar-refractivity contribution in [2.24, 2.45) is 5.92 Å². The normalized spacial score (nSPS) is 24.8. The average Bonchev–Trinajstić information content (AvgIpc) is 2.77. The van der Waals surface area contributed by atoms with Crippen molar-refractivity contribution in [3.05, 3.63) is 35.9 Å². The molecule has 1 heterocycles. The van der Waals surface area contributed by atoms with Gasteiger partial charge in [-0.1, -0.05) is 36.8 Å². The van der Waals surface area contributed by atoms with E-state index in [4.69, 9.17) is 0 Å². The number of carbonyl (C=O) groups is 1. The van der Waals surface area contributed by atoms with Crippen molar-refractivity contribution in [2.45, 2.75) is 51.1 Å². The molecule has 20 heavy (non-hydrogen) atoms. The van der Waals surface area contributed by atoms with E-state index in [0.29, 0.717) is 11.9 Å². The number of nitrogens with one attached hydrogen (secondary N) is 1. The van der Waals surface area contributed by atoms with Crippen LogP contribution in [0.4, 0.5) is 0 Å². The van der Waals surface area contributed by atoms with Crippen LogP contribution in [0.5, 0.6) is 0 Å². The summed E-state index contributed by atoms with van der Waals surface area (Å²) >= 11 is 0. The van der Waals surface area contributed by atoms with E-state index in [9.17, 15) is 4.79 Å². The van der Waals surface area contributed by atoms with Crippen LogP contribution in [0.3, 0.4) is 0 Å². The lowest BCUT2D eigenvalue weighted by atomic mass is 9.80. The molecule has 3 nitrogen and oxygen atoms in total. The minimum Gasteiger partial charge on any atom is -0.326 e. The zero-order valence-corrected chi connectivity index (χ0v) is 12.2. The fourth-order valence-electron chi connectivity index (χ4n) is 3.28. The summed E-state index contributed by atoms with van der Waals surface area (Å²) in [7, 11) is 0. The third kappa shape index (κ3) is 2.73. The second-order valence-electron chi connectivity index (χ2n) is 6.18. The van der Waals surface area contributed by atoms with Crippen LogP contribution in [-0.4, -0.2) is 29.6 Å². The number of carbonyl (C=O) groups excluding carboxylic acids is 1. The molecule has 0 spiro atoms. The highest BCUT2D eigenvalue weighted by atomic mass is 16.2. The van der Waals surface area contributed by atoms with Gasteiger partial charge in [-0.2, -0.15) is 0 Å². The molecule has 1 aromatic carbocycles. The molecule has 1 aromatic rings. The Labute approximate surface area is 121 Å². The van der Waals surface area contributed by atoms with Gasteiger partial charge < -0.3 is 4.90 Å². The minimum absolute atomic E-state index is 0.0118. The number of nitrogens with zero attached hydrogens (tertiary/aromatic N) is 1. The summed E-state index contributed by atoms with van der Waals surface area (Å²) in [6, 6.07) is 10.8. The molecule has 2 atom stereocenters. The monoisotopic (exact) mass is 272 g/mol. The van der Waals surface area contributed by atoms with Crippen molar-refractivity contribution in [1.82, 2.24) is 10.2 Å². The fourth-order valence-corrected chi connectivity index (χ4v) is 3.28. The van der Waals surface area contributed by atoms with Crippen LogP contribution in [0.25, 0.3) is 0 Å². The van der Waals surface area contributed by atoms with E-state index in [1.807, 2.05) is 6.07 Å². The highest BCUT2D eigenvalue weighted by Crippen LogP contribution is 2.33. The van der Waals surface area contributed by atoms with Crippen LogP contribution in [0.1, 0.15) is 38.2 Å². The molecule has 0 bridgehead atoms. The van der Waals surface area contributed by atoms with Crippen molar-refractivity contribution in [2.75, 3.05) is 6.67 Å². The van der Waals surface area contributed by atoms with Crippen LogP contribution >= 0.6 is 0 Å². The molecule has 2 fully saturated rings. The van der Waals surface area contributed by atoms with Crippen molar-refractivity contribution in [1.29, 1.82) is 0 Å². The molecule has 1 aliphatic heterocycles. The van der Waals surface area contributed by atoms with Gasteiger partial charge in [-0.05, 0) is 44.1 Å². The first-order chi connectivity index (χ1) is 9.75. The average molecular weight is 272 g/mol. The van der Waals surface area contributed by atoms with Gasteiger partial charge in [-0.15, -0.1) is 0 Å². The maximum atomic E-state index is 12.5. The summed E-state index contributed by atoms with van der Waals surface area (Å²) in [4.78, 5) is 14.5. The van der Waals surface area contributed by atoms with E-state index < -0.39 is 0 Å². The first-order valence-corrected chi connectivity index (χ1v) is 7.83. The predicted molar refractivity (Wildman–Crippen MR) is 80.2 cm³/mol. The predicted octanol–water partition coefficient (Wildman–Crippen LogP) is 2.57. The van der Waals surface area contributed by atoms with E-state index in [2.05, 4.69) is 41.4 Å². The van der Waals surface area contributed by atoms with Gasteiger partial charge in [0.2, 0.25) is 5.91 Å². The third-order valence-corrected chi connectivity index (χ3v) is 4.98. The molecular formula is C17H24N2O. The number of amides is 1. The molecule has 1 amide bonds. The second-order valence-corrected chi connectivity index (χ2v) is 6.18. The van der Waals surface area contributed by atoms with Crippen molar-refractivity contribution < 1.29 is 4.79 Å². The Balaban J connectivity index is 1.53. The van der Waals surface area contributed by atoms with Crippen molar-refractivity contribution in [3.63, 3.8) is 0 Å². The van der Waals surface area contributed by atoms with Crippen LogP contribution in [-0.2, 0) is 11.2 Å². The highest BCUT2D eigenvalue weighted by Gasteiger charge is 2.37. The van der Waals surface area contributed by atoms with Gasteiger partial charge in [0.15, 0.2) is 0 Å². The van der Waals surface area contributed by atoms with Crippen LogP contribution in [0.2, 0.25) is 0 Å². The maximum Gasteiger partial charge on any atom is 0.241 e. The summed E-state index contributed by atoms with van der Waals surface area (Å²) in [5.41, 5.74) is 1.31. The van der Waals surface area contributed by atoms with Gasteiger partial charge in [0, 0.05) is 6.04 Å². The molecule has 3 heteroatoms. The number of aryl methyl sites for hydroxylation is 1. The van der Waals surface area contributed by atoms with E-state index in [1.165, 1.54) is 24.8 Å². The first-order valence-electron chi connectivity index (χ1n) is 7.83. The lowest BCUT2D eigenvalue weighted by Crippen LogP contribution is -2.43. The summed E-state index contributed by atoms with van der Waals surface area (Å²) < 4.78 is 0. The first kappa shape index (κ1) is 13.6. The molecule has 0 radical (unpaired) electrons. The number of hydrogen-bond donors (Lipinski definition) is 1. The molecule has 2 aliphatic rings. The molecule has 2 unspecified atom stereocenters.